The van der Waals surface area contributed by atoms with Crippen molar-refractivity contribution in [2.75, 3.05) is 0 Å². The maximum atomic E-state index is 5.79. The first-order valence-electron chi connectivity index (χ1n) is 6.09. The summed E-state index contributed by atoms with van der Waals surface area (Å²) in [4.78, 5) is 0. The number of rotatable bonds is 2. The number of nitrogens with two attached hydrogens (primary N) is 1. The molecule has 0 atom stereocenters. The molecule has 0 radical (unpaired) electrons. The lowest BCUT2D eigenvalue weighted by Crippen LogP contribution is -2.27. The molecule has 0 amide bonds. The zero-order valence-electron chi connectivity index (χ0n) is 10.6. The Hall–Kier alpha value is -0.0400. The van der Waals surface area contributed by atoms with Crippen LogP contribution in [0.15, 0.2) is 0 Å². The summed E-state index contributed by atoms with van der Waals surface area (Å²) in [6.45, 7) is 11.4. The van der Waals surface area contributed by atoms with Gasteiger partial charge in [-0.3, -0.25) is 0 Å². The van der Waals surface area contributed by atoms with Crippen molar-refractivity contribution in [1.82, 2.24) is 0 Å². The van der Waals surface area contributed by atoms with Crippen molar-refractivity contribution >= 4 is 0 Å². The van der Waals surface area contributed by atoms with E-state index in [1.54, 1.807) is 0 Å². The summed E-state index contributed by atoms with van der Waals surface area (Å²) in [5.41, 5.74) is 6.79. The first-order chi connectivity index (χ1) is 6.30. The van der Waals surface area contributed by atoms with Crippen LogP contribution in [-0.4, -0.2) is 5.54 Å². The van der Waals surface area contributed by atoms with E-state index in [-0.39, 0.29) is 5.54 Å². The summed E-state index contributed by atoms with van der Waals surface area (Å²) in [5.74, 6) is 1.60. The van der Waals surface area contributed by atoms with Gasteiger partial charge in [0.2, 0.25) is 0 Å². The zero-order chi connectivity index (χ0) is 11.0. The molecule has 0 aromatic rings. The largest absolute Gasteiger partial charge is 0.325 e. The van der Waals surface area contributed by atoms with Gasteiger partial charge in [0.05, 0.1) is 0 Å². The molecule has 0 saturated heterocycles. The van der Waals surface area contributed by atoms with Gasteiger partial charge in [0.15, 0.2) is 0 Å². The molecule has 1 heteroatoms. The fourth-order valence-corrected chi connectivity index (χ4v) is 1.50. The van der Waals surface area contributed by atoms with Crippen molar-refractivity contribution in [3.8, 4) is 0 Å². The van der Waals surface area contributed by atoms with Crippen LogP contribution in [0.2, 0.25) is 0 Å². The summed E-state index contributed by atoms with van der Waals surface area (Å²) in [6.07, 6.45) is 5.41. The third-order valence-electron chi connectivity index (χ3n) is 4.41. The second-order valence-electron chi connectivity index (χ2n) is 6.20. The van der Waals surface area contributed by atoms with Crippen LogP contribution in [0.5, 0.6) is 0 Å². The Morgan fingerprint density at radius 2 is 1.29 bits per heavy atom. The highest BCUT2D eigenvalue weighted by Gasteiger charge is 2.40. The minimum atomic E-state index is 0.250. The Bertz CT molecular complexity index is 163. The van der Waals surface area contributed by atoms with Gasteiger partial charge in [-0.15, -0.1) is 0 Å². The molecule has 0 aromatic carbocycles. The van der Waals surface area contributed by atoms with E-state index in [0.717, 1.165) is 11.3 Å². The van der Waals surface area contributed by atoms with E-state index in [4.69, 9.17) is 5.73 Å². The average molecular weight is 197 g/mol. The van der Waals surface area contributed by atoms with Gasteiger partial charge in [-0.25, -0.2) is 0 Å². The highest BCUT2D eigenvalue weighted by atomic mass is 14.8. The van der Waals surface area contributed by atoms with Gasteiger partial charge in [0, 0.05) is 5.54 Å². The van der Waals surface area contributed by atoms with Gasteiger partial charge in [-0.1, -0.05) is 34.6 Å². The third-order valence-corrected chi connectivity index (χ3v) is 4.41. The molecule has 0 aliphatic heterocycles. The average Bonchev–Trinajstić information content (AvgIpc) is 2.93. The predicted molar refractivity (Wildman–Crippen MR) is 63.2 cm³/mol. The molecule has 0 bridgehead atoms. The van der Waals surface area contributed by atoms with Crippen LogP contribution in [0, 0.1) is 17.3 Å². The molecule has 0 spiro atoms. The van der Waals surface area contributed by atoms with Crippen LogP contribution in [0.25, 0.3) is 0 Å². The predicted octanol–water partition coefficient (Wildman–Crippen LogP) is 3.58. The van der Waals surface area contributed by atoms with Crippen LogP contribution in [-0.2, 0) is 0 Å². The van der Waals surface area contributed by atoms with Gasteiger partial charge in [-0.05, 0) is 42.9 Å². The highest BCUT2D eigenvalue weighted by molar-refractivity contribution is 5.00. The number of hydrogen-bond donors (Lipinski definition) is 1. The summed E-state index contributed by atoms with van der Waals surface area (Å²) < 4.78 is 0. The minimum Gasteiger partial charge on any atom is -0.325 e. The van der Waals surface area contributed by atoms with E-state index in [1.165, 1.54) is 25.7 Å². The van der Waals surface area contributed by atoms with Gasteiger partial charge in [0.1, 0.15) is 0 Å². The van der Waals surface area contributed by atoms with Crippen LogP contribution < -0.4 is 5.73 Å². The van der Waals surface area contributed by atoms with Crippen molar-refractivity contribution in [1.29, 1.82) is 0 Å². The summed E-state index contributed by atoms with van der Waals surface area (Å²) >= 11 is 0. The second kappa shape index (κ2) is 3.84. The second-order valence-corrected chi connectivity index (χ2v) is 6.20. The molecule has 2 saturated carbocycles. The van der Waals surface area contributed by atoms with E-state index in [0.29, 0.717) is 5.92 Å². The highest BCUT2D eigenvalue weighted by Crippen LogP contribution is 2.50. The monoisotopic (exact) mass is 197 g/mol. The van der Waals surface area contributed by atoms with Crippen molar-refractivity contribution in [3.05, 3.63) is 0 Å². The molecule has 2 aliphatic carbocycles. The SMILES string of the molecule is CC(C)C1(C)CC1.CC(C)C1(N)CC1. The molecule has 0 heterocycles. The fourth-order valence-electron chi connectivity index (χ4n) is 1.50. The molecular formula is C13H27N. The van der Waals surface area contributed by atoms with Crippen molar-refractivity contribution in [2.24, 2.45) is 23.0 Å². The maximum absolute atomic E-state index is 5.79. The molecule has 2 fully saturated rings. The van der Waals surface area contributed by atoms with Gasteiger partial charge in [-0.2, -0.15) is 0 Å². The first-order valence-corrected chi connectivity index (χ1v) is 6.09. The zero-order valence-corrected chi connectivity index (χ0v) is 10.6. The van der Waals surface area contributed by atoms with Crippen LogP contribution in [0.1, 0.15) is 60.3 Å². The molecule has 0 unspecified atom stereocenters. The molecule has 14 heavy (non-hydrogen) atoms. The molecular weight excluding hydrogens is 170 g/mol. The maximum Gasteiger partial charge on any atom is 0.0178 e. The fraction of sp³-hybridized carbons (Fsp3) is 1.00. The molecule has 1 nitrogen and oxygen atoms in total. The van der Waals surface area contributed by atoms with Crippen molar-refractivity contribution in [3.63, 3.8) is 0 Å². The molecule has 0 aromatic heterocycles. The minimum absolute atomic E-state index is 0.250. The van der Waals surface area contributed by atoms with Crippen LogP contribution >= 0.6 is 0 Å². The quantitative estimate of drug-likeness (QED) is 0.719. The normalized spacial score (nSPS) is 25.7. The Morgan fingerprint density at radius 1 is 0.857 bits per heavy atom. The number of hydrogen-bond acceptors (Lipinski definition) is 1. The summed E-state index contributed by atoms with van der Waals surface area (Å²) in [5, 5.41) is 0. The van der Waals surface area contributed by atoms with Gasteiger partial charge < -0.3 is 5.73 Å². The van der Waals surface area contributed by atoms with Crippen LogP contribution in [0.4, 0.5) is 0 Å². The Balaban J connectivity index is 0.000000140. The lowest BCUT2D eigenvalue weighted by atomic mass is 9.95. The van der Waals surface area contributed by atoms with Gasteiger partial charge >= 0.3 is 0 Å². The van der Waals surface area contributed by atoms with Crippen LogP contribution in [0.3, 0.4) is 0 Å². The molecule has 2 rings (SSSR count). The van der Waals surface area contributed by atoms with E-state index >= 15 is 0 Å². The smallest absolute Gasteiger partial charge is 0.0178 e. The van der Waals surface area contributed by atoms with E-state index in [2.05, 4.69) is 34.6 Å². The molecule has 2 aliphatic rings. The Morgan fingerprint density at radius 3 is 1.29 bits per heavy atom. The Kier molecular flexibility index (Phi) is 3.30. The van der Waals surface area contributed by atoms with E-state index in [1.807, 2.05) is 0 Å². The standard InChI is InChI=1S/C7H14.C6H13N/c1-6(2)7(3)4-5-7;1-5(2)6(7)3-4-6/h6H,4-5H2,1-3H3;5H,3-4,7H2,1-2H3. The lowest BCUT2D eigenvalue weighted by molar-refractivity contribution is 0.397. The third kappa shape index (κ3) is 2.98. The summed E-state index contributed by atoms with van der Waals surface area (Å²) in [7, 11) is 0. The van der Waals surface area contributed by atoms with Crippen molar-refractivity contribution in [2.45, 2.75) is 65.8 Å². The molecule has 2 N–H and O–H groups in total. The molecule has 84 valence electrons. The topological polar surface area (TPSA) is 26.0 Å². The van der Waals surface area contributed by atoms with Crippen molar-refractivity contribution < 1.29 is 0 Å². The van der Waals surface area contributed by atoms with E-state index in [9.17, 15) is 0 Å². The Labute approximate surface area is 89.5 Å². The van der Waals surface area contributed by atoms with E-state index < -0.39 is 0 Å². The first kappa shape index (κ1) is 12.0. The lowest BCUT2D eigenvalue weighted by Gasteiger charge is -2.10. The van der Waals surface area contributed by atoms with Gasteiger partial charge in [0.25, 0.3) is 0 Å². The summed E-state index contributed by atoms with van der Waals surface area (Å²) in [6, 6.07) is 0.